The second-order valence-electron chi connectivity index (χ2n) is 6.10. The maximum absolute atomic E-state index is 12.2. The largest absolute Gasteiger partial charge is 0.484 e. The molecule has 2 rings (SSSR count). The van der Waals surface area contributed by atoms with E-state index >= 15 is 0 Å². The van der Waals surface area contributed by atoms with E-state index in [2.05, 4.69) is 0 Å². The monoisotopic (exact) mass is 368 g/mol. The van der Waals surface area contributed by atoms with Gasteiger partial charge in [-0.25, -0.2) is 0 Å². The molecule has 0 heterocycles. The summed E-state index contributed by atoms with van der Waals surface area (Å²) in [6.07, 6.45) is 2.90. The number of amides is 1. The molecule has 0 fully saturated rings. The molecule has 0 bridgehead atoms. The van der Waals surface area contributed by atoms with Crippen LogP contribution in [0.2, 0.25) is 0 Å². The first kappa shape index (κ1) is 19.8. The molecule has 2 aromatic carbocycles. The van der Waals surface area contributed by atoms with E-state index in [-0.39, 0.29) is 24.0 Å². The third kappa shape index (κ3) is 5.50. The summed E-state index contributed by atoms with van der Waals surface area (Å²) in [5.74, 6) is 0.0827. The maximum Gasteiger partial charge on any atom is 0.272 e. The molecule has 0 unspecified atom stereocenters. The number of nitrogens with zero attached hydrogens (tertiary/aromatic N) is 2. The molecule has 7 nitrogen and oxygen atoms in total. The van der Waals surface area contributed by atoms with E-state index in [0.717, 1.165) is 0 Å². The van der Waals surface area contributed by atoms with E-state index < -0.39 is 4.92 Å². The zero-order valence-electron chi connectivity index (χ0n) is 15.3. The van der Waals surface area contributed by atoms with Crippen molar-refractivity contribution in [3.05, 3.63) is 75.3 Å². The molecule has 0 aromatic heterocycles. The summed E-state index contributed by atoms with van der Waals surface area (Å²) in [5.41, 5.74) is 1.59. The van der Waals surface area contributed by atoms with Crippen LogP contribution in [0.3, 0.4) is 0 Å². The third-order valence-corrected chi connectivity index (χ3v) is 3.86. The minimum Gasteiger partial charge on any atom is -0.484 e. The number of likely N-dealkylation sites (N-methyl/N-ethyl adjacent to an activating group) is 1. The summed E-state index contributed by atoms with van der Waals surface area (Å²) >= 11 is 0. The Labute approximate surface area is 157 Å². The Morgan fingerprint density at radius 2 is 1.81 bits per heavy atom. The number of rotatable bonds is 7. The zero-order valence-corrected chi connectivity index (χ0v) is 15.3. The highest BCUT2D eigenvalue weighted by Gasteiger charge is 2.10. The number of aryl methyl sites for hydroxylation is 1. The van der Waals surface area contributed by atoms with Gasteiger partial charge in [0, 0.05) is 31.3 Å². The van der Waals surface area contributed by atoms with Crippen molar-refractivity contribution >= 4 is 23.5 Å². The number of ketones is 1. The Balaban J connectivity index is 2.03. The molecule has 0 saturated carbocycles. The van der Waals surface area contributed by atoms with Crippen LogP contribution in [0.1, 0.15) is 21.5 Å². The van der Waals surface area contributed by atoms with Crippen LogP contribution in [-0.2, 0) is 4.79 Å². The predicted octanol–water partition coefficient (Wildman–Crippen LogP) is 3.27. The Kier molecular flexibility index (Phi) is 6.43. The highest BCUT2D eigenvalue weighted by Crippen LogP contribution is 2.20. The number of benzene rings is 2. The quantitative estimate of drug-likeness (QED) is 0.324. The van der Waals surface area contributed by atoms with Gasteiger partial charge in [-0.05, 0) is 42.8 Å². The van der Waals surface area contributed by atoms with Crippen molar-refractivity contribution in [2.45, 2.75) is 6.92 Å². The van der Waals surface area contributed by atoms with Crippen molar-refractivity contribution in [3.63, 3.8) is 0 Å². The van der Waals surface area contributed by atoms with Gasteiger partial charge in [-0.2, -0.15) is 0 Å². The van der Waals surface area contributed by atoms with Crippen LogP contribution in [0.5, 0.6) is 5.75 Å². The van der Waals surface area contributed by atoms with Gasteiger partial charge in [0.25, 0.3) is 11.6 Å². The summed E-state index contributed by atoms with van der Waals surface area (Å²) < 4.78 is 5.36. The SMILES string of the molecule is Cc1ccc(/C=C/C(=O)c2ccc(OCC(=O)N(C)C)cc2)cc1[N+](=O)[O-]. The van der Waals surface area contributed by atoms with E-state index in [1.807, 2.05) is 0 Å². The molecular weight excluding hydrogens is 348 g/mol. The van der Waals surface area contributed by atoms with Crippen molar-refractivity contribution < 1.29 is 19.2 Å². The van der Waals surface area contributed by atoms with Crippen molar-refractivity contribution in [2.24, 2.45) is 0 Å². The molecule has 0 N–H and O–H groups in total. The summed E-state index contributed by atoms with van der Waals surface area (Å²) in [5, 5.41) is 11.0. The normalized spacial score (nSPS) is 10.6. The van der Waals surface area contributed by atoms with Gasteiger partial charge in [-0.1, -0.05) is 18.2 Å². The highest BCUT2D eigenvalue weighted by molar-refractivity contribution is 6.06. The average molecular weight is 368 g/mol. The number of ether oxygens (including phenoxy) is 1. The fraction of sp³-hybridized carbons (Fsp3) is 0.200. The third-order valence-electron chi connectivity index (χ3n) is 3.86. The van der Waals surface area contributed by atoms with Gasteiger partial charge < -0.3 is 9.64 Å². The van der Waals surface area contributed by atoms with E-state index in [9.17, 15) is 19.7 Å². The van der Waals surface area contributed by atoms with E-state index in [1.165, 1.54) is 23.1 Å². The highest BCUT2D eigenvalue weighted by atomic mass is 16.6. The van der Waals surface area contributed by atoms with E-state index in [4.69, 9.17) is 4.74 Å². The number of carbonyl (C=O) groups is 2. The number of nitro groups is 1. The molecule has 0 saturated heterocycles. The van der Waals surface area contributed by atoms with Gasteiger partial charge in [-0.15, -0.1) is 0 Å². The lowest BCUT2D eigenvalue weighted by Gasteiger charge is -2.11. The van der Waals surface area contributed by atoms with Gasteiger partial charge >= 0.3 is 0 Å². The fourth-order valence-electron chi connectivity index (χ4n) is 2.18. The van der Waals surface area contributed by atoms with Crippen LogP contribution in [0.25, 0.3) is 6.08 Å². The van der Waals surface area contributed by atoms with Crippen LogP contribution in [0.15, 0.2) is 48.5 Å². The molecule has 0 aliphatic heterocycles. The molecule has 0 radical (unpaired) electrons. The summed E-state index contributed by atoms with van der Waals surface area (Å²) in [6.45, 7) is 1.58. The minimum absolute atomic E-state index is 0.0124. The van der Waals surface area contributed by atoms with Crippen molar-refractivity contribution in [1.82, 2.24) is 4.90 Å². The number of hydrogen-bond acceptors (Lipinski definition) is 5. The van der Waals surface area contributed by atoms with Crippen LogP contribution >= 0.6 is 0 Å². The van der Waals surface area contributed by atoms with Gasteiger partial charge in [-0.3, -0.25) is 19.7 Å². The second-order valence-corrected chi connectivity index (χ2v) is 6.10. The fourth-order valence-corrected chi connectivity index (χ4v) is 2.18. The van der Waals surface area contributed by atoms with Crippen LogP contribution in [0.4, 0.5) is 5.69 Å². The van der Waals surface area contributed by atoms with Crippen LogP contribution < -0.4 is 4.74 Å². The molecule has 0 aliphatic carbocycles. The lowest BCUT2D eigenvalue weighted by Crippen LogP contribution is -2.27. The van der Waals surface area contributed by atoms with Crippen molar-refractivity contribution in [3.8, 4) is 5.75 Å². The zero-order chi connectivity index (χ0) is 20.0. The first-order valence-electron chi connectivity index (χ1n) is 8.18. The first-order valence-corrected chi connectivity index (χ1v) is 8.18. The Bertz CT molecular complexity index is 886. The van der Waals surface area contributed by atoms with Gasteiger partial charge in [0.1, 0.15) is 5.75 Å². The molecule has 1 amide bonds. The molecule has 0 spiro atoms. The molecule has 140 valence electrons. The molecule has 0 atom stereocenters. The smallest absolute Gasteiger partial charge is 0.272 e. The number of carbonyl (C=O) groups excluding carboxylic acids is 2. The average Bonchev–Trinajstić information content (AvgIpc) is 2.65. The summed E-state index contributed by atoms with van der Waals surface area (Å²) in [7, 11) is 3.28. The lowest BCUT2D eigenvalue weighted by atomic mass is 10.1. The minimum atomic E-state index is -0.450. The van der Waals surface area contributed by atoms with E-state index in [1.54, 1.807) is 57.4 Å². The molecule has 0 aliphatic rings. The predicted molar refractivity (Wildman–Crippen MR) is 102 cm³/mol. The van der Waals surface area contributed by atoms with Gasteiger partial charge in [0.15, 0.2) is 12.4 Å². The van der Waals surface area contributed by atoms with Gasteiger partial charge in [0.2, 0.25) is 0 Å². The number of hydrogen-bond donors (Lipinski definition) is 0. The van der Waals surface area contributed by atoms with Crippen LogP contribution in [-0.4, -0.2) is 42.2 Å². The Morgan fingerprint density at radius 1 is 1.15 bits per heavy atom. The first-order chi connectivity index (χ1) is 12.8. The standard InChI is InChI=1S/C20H20N2O5/c1-14-4-5-15(12-18(14)22(25)26)6-11-19(23)16-7-9-17(10-8-16)27-13-20(24)21(2)3/h4-12H,13H2,1-3H3/b11-6+. The summed E-state index contributed by atoms with van der Waals surface area (Å²) in [4.78, 5) is 35.7. The Morgan fingerprint density at radius 3 is 2.41 bits per heavy atom. The molecular formula is C20H20N2O5. The second kappa shape index (κ2) is 8.75. The van der Waals surface area contributed by atoms with Gasteiger partial charge in [0.05, 0.1) is 4.92 Å². The molecule has 7 heteroatoms. The topological polar surface area (TPSA) is 89.8 Å². The Hall–Kier alpha value is -3.48. The molecule has 27 heavy (non-hydrogen) atoms. The van der Waals surface area contributed by atoms with E-state index in [0.29, 0.717) is 22.4 Å². The van der Waals surface area contributed by atoms with Crippen molar-refractivity contribution in [2.75, 3.05) is 20.7 Å². The number of nitro benzene ring substituents is 1. The summed E-state index contributed by atoms with van der Waals surface area (Å²) in [6, 6.07) is 11.2. The molecule has 2 aromatic rings. The van der Waals surface area contributed by atoms with Crippen LogP contribution in [0, 0.1) is 17.0 Å². The number of allylic oxidation sites excluding steroid dienone is 1. The van der Waals surface area contributed by atoms with Crippen molar-refractivity contribution in [1.29, 1.82) is 0 Å². The lowest BCUT2D eigenvalue weighted by molar-refractivity contribution is -0.385. The maximum atomic E-state index is 12.2.